The molecule has 1 unspecified atom stereocenters. The molecule has 0 radical (unpaired) electrons. The van der Waals surface area contributed by atoms with Gasteiger partial charge in [-0.3, -0.25) is 4.79 Å². The first kappa shape index (κ1) is 15.3. The Kier molecular flexibility index (Phi) is 5.57. The number of likely N-dealkylation sites (tertiary alicyclic amines) is 1. The third-order valence-corrected chi connectivity index (χ3v) is 3.39. The normalized spacial score (nSPS) is 17.9. The standard InChI is InChI=1S/C15H21N3O3/c19-8-4-7-16-15(21)17-13-9-14(20)18(11-13)10-12-5-2-1-3-6-12/h1-3,5-6,13,19H,4,7-11H2,(H2,16,17,21). The lowest BCUT2D eigenvalue weighted by molar-refractivity contribution is -0.128. The van der Waals surface area contributed by atoms with Crippen LogP contribution in [-0.2, 0) is 11.3 Å². The number of aliphatic hydroxyl groups excluding tert-OH is 1. The van der Waals surface area contributed by atoms with Gasteiger partial charge in [0, 0.05) is 32.7 Å². The minimum atomic E-state index is -0.289. The SMILES string of the molecule is O=C(NCCCO)NC1CC(=O)N(Cc2ccccc2)C1. The molecule has 1 heterocycles. The summed E-state index contributed by atoms with van der Waals surface area (Å²) in [5.74, 6) is 0.0551. The van der Waals surface area contributed by atoms with Crippen molar-refractivity contribution in [3.8, 4) is 0 Å². The number of carbonyl (C=O) groups excluding carboxylic acids is 2. The van der Waals surface area contributed by atoms with Crippen molar-refractivity contribution in [3.63, 3.8) is 0 Å². The lowest BCUT2D eigenvalue weighted by Gasteiger charge is -2.17. The second-order valence-corrected chi connectivity index (χ2v) is 5.14. The molecule has 0 spiro atoms. The van der Waals surface area contributed by atoms with Crippen LogP contribution < -0.4 is 10.6 Å². The van der Waals surface area contributed by atoms with Crippen molar-refractivity contribution in [1.82, 2.24) is 15.5 Å². The quantitative estimate of drug-likeness (QED) is 0.666. The van der Waals surface area contributed by atoms with Crippen molar-refractivity contribution < 1.29 is 14.7 Å². The second-order valence-electron chi connectivity index (χ2n) is 5.14. The molecule has 1 atom stereocenters. The van der Waals surface area contributed by atoms with Crippen molar-refractivity contribution in [3.05, 3.63) is 35.9 Å². The number of hydrogen-bond donors (Lipinski definition) is 3. The van der Waals surface area contributed by atoms with E-state index in [1.807, 2.05) is 30.3 Å². The molecule has 3 amide bonds. The Bertz CT molecular complexity index is 478. The molecule has 1 fully saturated rings. The predicted octanol–water partition coefficient (Wildman–Crippen LogP) is 0.469. The van der Waals surface area contributed by atoms with Crippen LogP contribution in [-0.4, -0.2) is 47.7 Å². The Morgan fingerprint density at radius 3 is 2.81 bits per heavy atom. The fourth-order valence-electron chi connectivity index (χ4n) is 2.34. The van der Waals surface area contributed by atoms with Gasteiger partial charge in [0.1, 0.15) is 0 Å². The minimum absolute atomic E-state index is 0.0487. The van der Waals surface area contributed by atoms with Crippen LogP contribution in [0.4, 0.5) is 4.79 Å². The monoisotopic (exact) mass is 291 g/mol. The first-order valence-corrected chi connectivity index (χ1v) is 7.16. The van der Waals surface area contributed by atoms with E-state index in [1.54, 1.807) is 4.90 Å². The molecule has 114 valence electrons. The summed E-state index contributed by atoms with van der Waals surface area (Å²) in [5.41, 5.74) is 1.08. The number of hydrogen-bond acceptors (Lipinski definition) is 3. The van der Waals surface area contributed by atoms with Crippen LogP contribution in [0.2, 0.25) is 0 Å². The van der Waals surface area contributed by atoms with Gasteiger partial charge < -0.3 is 20.6 Å². The number of amides is 3. The molecule has 6 heteroatoms. The summed E-state index contributed by atoms with van der Waals surface area (Å²) in [5, 5.41) is 14.1. The van der Waals surface area contributed by atoms with E-state index in [4.69, 9.17) is 5.11 Å². The summed E-state index contributed by atoms with van der Waals surface area (Å²) < 4.78 is 0. The lowest BCUT2D eigenvalue weighted by atomic mass is 10.2. The highest BCUT2D eigenvalue weighted by atomic mass is 16.3. The first-order valence-electron chi connectivity index (χ1n) is 7.16. The van der Waals surface area contributed by atoms with E-state index in [9.17, 15) is 9.59 Å². The average molecular weight is 291 g/mol. The summed E-state index contributed by atoms with van der Waals surface area (Å²) in [6.45, 7) is 1.58. The molecule has 0 saturated carbocycles. The molecule has 1 saturated heterocycles. The molecule has 2 rings (SSSR count). The zero-order valence-corrected chi connectivity index (χ0v) is 11.9. The summed E-state index contributed by atoms with van der Waals surface area (Å²) in [4.78, 5) is 25.3. The molecule has 0 bridgehead atoms. The molecule has 1 aromatic carbocycles. The van der Waals surface area contributed by atoms with E-state index >= 15 is 0 Å². The van der Waals surface area contributed by atoms with Crippen molar-refractivity contribution in [2.75, 3.05) is 19.7 Å². The molecule has 1 aliphatic heterocycles. The van der Waals surface area contributed by atoms with Gasteiger partial charge >= 0.3 is 6.03 Å². The summed E-state index contributed by atoms with van der Waals surface area (Å²) in [7, 11) is 0. The summed E-state index contributed by atoms with van der Waals surface area (Å²) >= 11 is 0. The van der Waals surface area contributed by atoms with Crippen molar-refractivity contribution in [2.45, 2.75) is 25.4 Å². The molecule has 1 aliphatic rings. The van der Waals surface area contributed by atoms with Crippen LogP contribution in [0.25, 0.3) is 0 Å². The summed E-state index contributed by atoms with van der Waals surface area (Å²) in [6, 6.07) is 9.35. The lowest BCUT2D eigenvalue weighted by Crippen LogP contribution is -2.43. The number of nitrogens with one attached hydrogen (secondary N) is 2. The largest absolute Gasteiger partial charge is 0.396 e. The fraction of sp³-hybridized carbons (Fsp3) is 0.467. The smallest absolute Gasteiger partial charge is 0.315 e. The zero-order valence-electron chi connectivity index (χ0n) is 11.9. The van der Waals surface area contributed by atoms with Gasteiger partial charge in [-0.25, -0.2) is 4.79 Å². The highest BCUT2D eigenvalue weighted by Crippen LogP contribution is 2.14. The van der Waals surface area contributed by atoms with Crippen LogP contribution in [0.3, 0.4) is 0 Å². The Balaban J connectivity index is 1.78. The van der Waals surface area contributed by atoms with E-state index < -0.39 is 0 Å². The third-order valence-electron chi connectivity index (χ3n) is 3.39. The highest BCUT2D eigenvalue weighted by Gasteiger charge is 2.30. The first-order chi connectivity index (χ1) is 10.2. The molecule has 3 N–H and O–H groups in total. The Morgan fingerprint density at radius 2 is 2.10 bits per heavy atom. The van der Waals surface area contributed by atoms with Gasteiger partial charge in [0.25, 0.3) is 0 Å². The van der Waals surface area contributed by atoms with Gasteiger partial charge in [0.2, 0.25) is 5.91 Å². The Hall–Kier alpha value is -2.08. The number of nitrogens with zero attached hydrogens (tertiary/aromatic N) is 1. The highest BCUT2D eigenvalue weighted by molar-refractivity contribution is 5.81. The fourth-order valence-corrected chi connectivity index (χ4v) is 2.34. The molecular weight excluding hydrogens is 270 g/mol. The van der Waals surface area contributed by atoms with Gasteiger partial charge in [-0.15, -0.1) is 0 Å². The van der Waals surface area contributed by atoms with E-state index in [1.165, 1.54) is 0 Å². The second kappa shape index (κ2) is 7.64. The molecule has 6 nitrogen and oxygen atoms in total. The molecular formula is C15H21N3O3. The van der Waals surface area contributed by atoms with Crippen molar-refractivity contribution in [2.24, 2.45) is 0 Å². The van der Waals surface area contributed by atoms with E-state index in [2.05, 4.69) is 10.6 Å². The zero-order chi connectivity index (χ0) is 15.1. The van der Waals surface area contributed by atoms with Crippen LogP contribution in [0.5, 0.6) is 0 Å². The molecule has 21 heavy (non-hydrogen) atoms. The van der Waals surface area contributed by atoms with E-state index in [-0.39, 0.29) is 24.6 Å². The van der Waals surface area contributed by atoms with Crippen LogP contribution in [0, 0.1) is 0 Å². The van der Waals surface area contributed by atoms with E-state index in [0.717, 1.165) is 5.56 Å². The maximum absolute atomic E-state index is 12.0. The molecule has 0 aliphatic carbocycles. The van der Waals surface area contributed by atoms with Gasteiger partial charge in [0.05, 0.1) is 6.04 Å². The summed E-state index contributed by atoms with van der Waals surface area (Å²) in [6.07, 6.45) is 0.859. The van der Waals surface area contributed by atoms with E-state index in [0.29, 0.717) is 32.5 Å². The number of carbonyl (C=O) groups is 2. The third kappa shape index (κ3) is 4.75. The number of benzene rings is 1. The molecule has 0 aromatic heterocycles. The van der Waals surface area contributed by atoms with Crippen LogP contribution in [0.1, 0.15) is 18.4 Å². The van der Waals surface area contributed by atoms with Crippen molar-refractivity contribution >= 4 is 11.9 Å². The minimum Gasteiger partial charge on any atom is -0.396 e. The maximum Gasteiger partial charge on any atom is 0.315 e. The van der Waals surface area contributed by atoms with Crippen LogP contribution in [0.15, 0.2) is 30.3 Å². The number of aliphatic hydroxyl groups is 1. The topological polar surface area (TPSA) is 81.7 Å². The van der Waals surface area contributed by atoms with Gasteiger partial charge in [0.15, 0.2) is 0 Å². The van der Waals surface area contributed by atoms with Gasteiger partial charge in [-0.1, -0.05) is 30.3 Å². The number of urea groups is 1. The Labute approximate surface area is 124 Å². The number of rotatable bonds is 6. The average Bonchev–Trinajstić information content (AvgIpc) is 2.80. The maximum atomic E-state index is 12.0. The van der Waals surface area contributed by atoms with Crippen molar-refractivity contribution in [1.29, 1.82) is 0 Å². The Morgan fingerprint density at radius 1 is 1.33 bits per heavy atom. The van der Waals surface area contributed by atoms with Gasteiger partial charge in [-0.2, -0.15) is 0 Å². The van der Waals surface area contributed by atoms with Crippen LogP contribution >= 0.6 is 0 Å². The molecule has 1 aromatic rings. The predicted molar refractivity (Wildman–Crippen MR) is 78.5 cm³/mol. The van der Waals surface area contributed by atoms with Gasteiger partial charge in [-0.05, 0) is 12.0 Å².